The van der Waals surface area contributed by atoms with Crippen molar-refractivity contribution in [1.29, 1.82) is 0 Å². The van der Waals surface area contributed by atoms with Gasteiger partial charge in [-0.15, -0.1) is 12.4 Å². The molecular formula is C35H38ClF2NO10. The number of benzene rings is 3. The molecular weight excluding hydrogens is 668 g/mol. The van der Waals surface area contributed by atoms with Gasteiger partial charge < -0.3 is 40.0 Å². The second-order valence-corrected chi connectivity index (χ2v) is 12.1. The van der Waals surface area contributed by atoms with Crippen molar-refractivity contribution in [3.05, 3.63) is 87.0 Å². The van der Waals surface area contributed by atoms with E-state index in [0.29, 0.717) is 0 Å². The van der Waals surface area contributed by atoms with E-state index in [0.717, 1.165) is 19.1 Å². The molecule has 1 aliphatic heterocycles. The summed E-state index contributed by atoms with van der Waals surface area (Å²) in [7, 11) is 1.32. The highest BCUT2D eigenvalue weighted by Gasteiger charge is 2.49. The van der Waals surface area contributed by atoms with Crippen molar-refractivity contribution in [1.82, 2.24) is 0 Å². The highest BCUT2D eigenvalue weighted by Crippen LogP contribution is 2.52. The maximum atomic E-state index is 14.2. The fourth-order valence-electron chi connectivity index (χ4n) is 6.76. The van der Waals surface area contributed by atoms with Crippen LogP contribution in [0.2, 0.25) is 0 Å². The highest BCUT2D eigenvalue weighted by molar-refractivity contribution is 6.31. The van der Waals surface area contributed by atoms with E-state index in [4.69, 9.17) is 24.7 Å². The minimum atomic E-state index is -2.07. The van der Waals surface area contributed by atoms with Gasteiger partial charge in [0.2, 0.25) is 5.78 Å². The predicted octanol–water partition coefficient (Wildman–Crippen LogP) is 4.59. The number of nitrogens with two attached hydrogens (primary N) is 1. The molecule has 0 aromatic heterocycles. The fraction of sp³-hybridized carbons (Fsp3) is 0.400. The molecule has 0 bridgehead atoms. The molecule has 49 heavy (non-hydrogen) atoms. The summed E-state index contributed by atoms with van der Waals surface area (Å²) in [6, 6.07) is 7.08. The number of phenols is 2. The molecule has 0 saturated carbocycles. The van der Waals surface area contributed by atoms with E-state index in [9.17, 15) is 38.5 Å². The van der Waals surface area contributed by atoms with E-state index in [1.807, 2.05) is 0 Å². The third kappa shape index (κ3) is 6.31. The number of rotatable bonds is 7. The number of ether oxygens (including phenoxy) is 4. The van der Waals surface area contributed by atoms with Gasteiger partial charge in [-0.2, -0.15) is 0 Å². The first-order valence-corrected chi connectivity index (χ1v) is 15.0. The van der Waals surface area contributed by atoms with E-state index in [-0.39, 0.29) is 66.2 Å². The Morgan fingerprint density at radius 2 is 1.67 bits per heavy atom. The van der Waals surface area contributed by atoms with Gasteiger partial charge in [0.05, 0.1) is 48.7 Å². The lowest BCUT2D eigenvalue weighted by Crippen LogP contribution is -2.53. The van der Waals surface area contributed by atoms with Gasteiger partial charge in [0.15, 0.2) is 17.9 Å². The Bertz CT molecular complexity index is 1790. The second-order valence-electron chi connectivity index (χ2n) is 12.1. The van der Waals surface area contributed by atoms with Crippen LogP contribution in [-0.2, 0) is 32.0 Å². The monoisotopic (exact) mass is 705 g/mol. The molecule has 1 fully saturated rings. The largest absolute Gasteiger partial charge is 0.507 e. The number of carbonyl (C=O) groups is 3. The number of halogens is 3. The van der Waals surface area contributed by atoms with Gasteiger partial charge in [-0.3, -0.25) is 14.4 Å². The quantitative estimate of drug-likeness (QED) is 0.198. The smallest absolute Gasteiger partial charge is 0.202 e. The van der Waals surface area contributed by atoms with Crippen LogP contribution in [0.4, 0.5) is 8.78 Å². The summed E-state index contributed by atoms with van der Waals surface area (Å²) in [6.45, 7) is 2.37. The van der Waals surface area contributed by atoms with Gasteiger partial charge in [-0.25, -0.2) is 8.78 Å². The van der Waals surface area contributed by atoms with Crippen LogP contribution in [0.3, 0.4) is 0 Å². The Morgan fingerprint density at radius 3 is 2.29 bits per heavy atom. The summed E-state index contributed by atoms with van der Waals surface area (Å²) in [6.07, 6.45) is -4.86. The molecule has 1 heterocycles. The van der Waals surface area contributed by atoms with Gasteiger partial charge >= 0.3 is 0 Å². The van der Waals surface area contributed by atoms with Crippen LogP contribution >= 0.6 is 12.4 Å². The number of hydrogen-bond donors (Lipinski definition) is 4. The number of fused-ring (bicyclic) bond motifs is 3. The van der Waals surface area contributed by atoms with Crippen molar-refractivity contribution >= 4 is 29.8 Å². The molecule has 1 saturated heterocycles. The Balaban J connectivity index is 0.00000270. The third-order valence-corrected chi connectivity index (χ3v) is 9.24. The van der Waals surface area contributed by atoms with E-state index in [1.165, 1.54) is 31.4 Å². The van der Waals surface area contributed by atoms with Gasteiger partial charge in [-0.1, -0.05) is 25.6 Å². The lowest BCUT2D eigenvalue weighted by Gasteiger charge is -2.43. The average Bonchev–Trinajstić information content (AvgIpc) is 3.01. The zero-order valence-electron chi connectivity index (χ0n) is 26.1. The molecule has 0 amide bonds. The molecule has 0 radical (unpaired) electrons. The molecule has 4 unspecified atom stereocenters. The number of hydrogen-bond acceptors (Lipinski definition) is 11. The van der Waals surface area contributed by atoms with E-state index in [2.05, 4.69) is 0 Å². The normalized spacial score (nSPS) is 25.7. The van der Waals surface area contributed by atoms with Crippen molar-refractivity contribution in [3.63, 3.8) is 0 Å². The molecule has 264 valence electrons. The Morgan fingerprint density at radius 1 is 1.04 bits per heavy atom. The molecule has 6 atom stereocenters. The average molecular weight is 706 g/mol. The standard InChI is InChI=1S/C34H33F2NO10.CH4.ClH/c1-14-33(45-13-18-19(35)7-5-8-20(18)36)21(37)10-24(46-14)47-23-12-34(43,15(2)38)11-17-26(23)32(42)28-27(30(17)40)29(39)16-6-4-9-22(44-3)25(16)31(28)41;;/h4-9,14,21,23-24,33,40,42-43H,10-13,37H2,1-3H3;1H4;1H/t14?,21?,23-,24?,33?,34+;;/m1../s1. The lowest BCUT2D eigenvalue weighted by atomic mass is 9.72. The first-order chi connectivity index (χ1) is 22.3. The van der Waals surface area contributed by atoms with Crippen LogP contribution in [0.25, 0.3) is 0 Å². The maximum absolute atomic E-state index is 14.2. The second kappa shape index (κ2) is 14.1. The predicted molar refractivity (Wildman–Crippen MR) is 173 cm³/mol. The zero-order chi connectivity index (χ0) is 33.9. The number of methoxy groups -OCH3 is 1. The molecule has 5 N–H and O–H groups in total. The van der Waals surface area contributed by atoms with Crippen LogP contribution in [0.15, 0.2) is 36.4 Å². The Kier molecular flexibility index (Phi) is 10.9. The summed E-state index contributed by atoms with van der Waals surface area (Å²) in [4.78, 5) is 40.1. The van der Waals surface area contributed by atoms with Gasteiger partial charge in [-0.05, 0) is 32.0 Å². The number of carbonyl (C=O) groups excluding carboxylic acids is 3. The summed E-state index contributed by atoms with van der Waals surface area (Å²) in [5.74, 6) is -4.96. The highest BCUT2D eigenvalue weighted by atomic mass is 35.5. The molecule has 3 aliphatic rings. The van der Waals surface area contributed by atoms with Crippen LogP contribution in [0.1, 0.15) is 88.8 Å². The summed E-state index contributed by atoms with van der Waals surface area (Å²) >= 11 is 0. The van der Waals surface area contributed by atoms with Crippen LogP contribution in [-0.4, -0.2) is 69.9 Å². The summed E-state index contributed by atoms with van der Waals surface area (Å²) in [5, 5.41) is 34.5. The summed E-state index contributed by atoms with van der Waals surface area (Å²) < 4.78 is 51.6. The molecule has 14 heteroatoms. The molecule has 6 rings (SSSR count). The van der Waals surface area contributed by atoms with Crippen molar-refractivity contribution in [2.45, 2.75) is 83.4 Å². The molecule has 3 aromatic rings. The van der Waals surface area contributed by atoms with E-state index in [1.54, 1.807) is 6.92 Å². The van der Waals surface area contributed by atoms with Crippen molar-refractivity contribution in [2.75, 3.05) is 7.11 Å². The van der Waals surface area contributed by atoms with E-state index < -0.39 is 101 Å². The number of aromatic hydroxyl groups is 2. The maximum Gasteiger partial charge on any atom is 0.202 e. The van der Waals surface area contributed by atoms with Crippen molar-refractivity contribution in [3.8, 4) is 17.2 Å². The van der Waals surface area contributed by atoms with Gasteiger partial charge in [0, 0.05) is 47.6 Å². The molecule has 2 aliphatic carbocycles. The summed E-state index contributed by atoms with van der Waals surface area (Å²) in [5.41, 5.74) is 2.76. The molecule has 0 spiro atoms. The minimum Gasteiger partial charge on any atom is -0.507 e. The van der Waals surface area contributed by atoms with Crippen LogP contribution < -0.4 is 10.5 Å². The minimum absolute atomic E-state index is 0. The van der Waals surface area contributed by atoms with Gasteiger partial charge in [0.25, 0.3) is 0 Å². The molecule has 11 nitrogen and oxygen atoms in total. The van der Waals surface area contributed by atoms with Crippen molar-refractivity contribution in [2.24, 2.45) is 5.73 Å². The lowest BCUT2D eigenvalue weighted by molar-refractivity contribution is -0.254. The topological polar surface area (TPSA) is 175 Å². The Labute approximate surface area is 287 Å². The first-order valence-electron chi connectivity index (χ1n) is 15.0. The Hall–Kier alpha value is -3.98. The third-order valence-electron chi connectivity index (χ3n) is 9.24. The number of aliphatic hydroxyl groups is 1. The van der Waals surface area contributed by atoms with Gasteiger partial charge in [0.1, 0.15) is 34.5 Å². The fourth-order valence-corrected chi connectivity index (χ4v) is 6.76. The number of Topliss-reactive ketones (excluding diaryl/α,β-unsaturated/α-hetero) is 1. The number of ketones is 3. The molecule has 3 aromatic carbocycles. The zero-order valence-corrected chi connectivity index (χ0v) is 26.9. The van der Waals surface area contributed by atoms with Crippen molar-refractivity contribution < 1.29 is 57.4 Å². The van der Waals surface area contributed by atoms with E-state index >= 15 is 0 Å². The van der Waals surface area contributed by atoms with Crippen LogP contribution in [0, 0.1) is 11.6 Å². The SMILES string of the molecule is C.COc1cccc2c1C(=O)c1c(O)c3c(c(O)c1C2=O)C[C@@](O)(C(C)=O)C[C@H]3OC1CC(N)C(OCc2c(F)cccc2F)C(C)O1.Cl. The van der Waals surface area contributed by atoms with Crippen LogP contribution in [0.5, 0.6) is 17.2 Å². The first kappa shape index (κ1) is 37.8. The number of phenolic OH excluding ortho intramolecular Hbond substituents is 2.